The number of carbonyl (C=O) groups is 2. The molecule has 2 aliphatic rings. The van der Waals surface area contributed by atoms with E-state index in [-0.39, 0.29) is 17.7 Å². The maximum atomic E-state index is 13.0. The Bertz CT molecular complexity index is 802. The summed E-state index contributed by atoms with van der Waals surface area (Å²) in [4.78, 5) is 26.5. The number of rotatable bonds is 4. The molecular formula is C20H23N3O3. The molecule has 0 saturated carbocycles. The summed E-state index contributed by atoms with van der Waals surface area (Å²) in [7, 11) is 0. The molecule has 1 amide bonds. The van der Waals surface area contributed by atoms with Crippen molar-refractivity contribution in [2.75, 3.05) is 13.1 Å². The van der Waals surface area contributed by atoms with Crippen molar-refractivity contribution < 1.29 is 14.7 Å². The number of fused-ring (bicyclic) bond motifs is 1. The van der Waals surface area contributed by atoms with Gasteiger partial charge in [0.2, 0.25) is 5.91 Å². The third-order valence-corrected chi connectivity index (χ3v) is 5.78. The van der Waals surface area contributed by atoms with Gasteiger partial charge < -0.3 is 10.0 Å². The Morgan fingerprint density at radius 3 is 2.81 bits per heavy atom. The van der Waals surface area contributed by atoms with E-state index < -0.39 is 11.9 Å². The number of nitrogens with one attached hydrogen (secondary N) is 1. The third kappa shape index (κ3) is 3.23. The number of likely N-dealkylation sites (tertiary alicyclic amines) is 1. The molecule has 1 unspecified atom stereocenters. The SMILES string of the molecule is O=C(O)[C@@H]1CN(C(=O)C2CCc3cn[nH]c3C2)C[C@H]1Cc1ccccc1. The number of hydrogen-bond acceptors (Lipinski definition) is 3. The molecule has 1 aliphatic carbocycles. The second kappa shape index (κ2) is 6.94. The van der Waals surface area contributed by atoms with Crippen LogP contribution in [0.3, 0.4) is 0 Å². The van der Waals surface area contributed by atoms with E-state index in [1.165, 1.54) is 5.56 Å². The minimum Gasteiger partial charge on any atom is -0.481 e. The maximum absolute atomic E-state index is 13.0. The van der Waals surface area contributed by atoms with Gasteiger partial charge in [0.1, 0.15) is 0 Å². The second-order valence-corrected chi connectivity index (χ2v) is 7.45. The van der Waals surface area contributed by atoms with Gasteiger partial charge in [-0.1, -0.05) is 30.3 Å². The van der Waals surface area contributed by atoms with Crippen molar-refractivity contribution in [2.45, 2.75) is 25.7 Å². The van der Waals surface area contributed by atoms with Crippen LogP contribution < -0.4 is 0 Å². The second-order valence-electron chi connectivity index (χ2n) is 7.45. The molecule has 2 aromatic rings. The first-order chi connectivity index (χ1) is 12.6. The summed E-state index contributed by atoms with van der Waals surface area (Å²) >= 11 is 0. The molecule has 136 valence electrons. The van der Waals surface area contributed by atoms with Gasteiger partial charge in [0.05, 0.1) is 12.1 Å². The van der Waals surface area contributed by atoms with Crippen molar-refractivity contribution in [3.63, 3.8) is 0 Å². The summed E-state index contributed by atoms with van der Waals surface area (Å²) < 4.78 is 0. The van der Waals surface area contributed by atoms with E-state index in [1.807, 2.05) is 36.5 Å². The summed E-state index contributed by atoms with van der Waals surface area (Å²) in [5.41, 5.74) is 3.36. The predicted molar refractivity (Wildman–Crippen MR) is 95.4 cm³/mol. The first-order valence-corrected chi connectivity index (χ1v) is 9.18. The molecule has 1 saturated heterocycles. The monoisotopic (exact) mass is 353 g/mol. The van der Waals surface area contributed by atoms with Crippen LogP contribution in [0, 0.1) is 17.8 Å². The lowest BCUT2D eigenvalue weighted by atomic mass is 9.87. The molecule has 2 N–H and O–H groups in total. The first-order valence-electron chi connectivity index (χ1n) is 9.18. The van der Waals surface area contributed by atoms with Gasteiger partial charge in [-0.05, 0) is 36.3 Å². The highest BCUT2D eigenvalue weighted by atomic mass is 16.4. The molecule has 1 aliphatic heterocycles. The Kier molecular flexibility index (Phi) is 4.49. The van der Waals surface area contributed by atoms with Crippen molar-refractivity contribution in [3.8, 4) is 0 Å². The lowest BCUT2D eigenvalue weighted by Gasteiger charge is -2.26. The van der Waals surface area contributed by atoms with Crippen molar-refractivity contribution in [1.29, 1.82) is 0 Å². The van der Waals surface area contributed by atoms with Gasteiger partial charge in [-0.2, -0.15) is 5.10 Å². The topological polar surface area (TPSA) is 86.3 Å². The quantitative estimate of drug-likeness (QED) is 0.879. The van der Waals surface area contributed by atoms with Crippen LogP contribution in [-0.2, 0) is 28.9 Å². The van der Waals surface area contributed by atoms with Gasteiger partial charge in [-0.25, -0.2) is 0 Å². The molecule has 0 bridgehead atoms. The molecule has 1 aromatic carbocycles. The van der Waals surface area contributed by atoms with Gasteiger partial charge in [0.25, 0.3) is 0 Å². The van der Waals surface area contributed by atoms with Crippen molar-refractivity contribution in [2.24, 2.45) is 17.8 Å². The van der Waals surface area contributed by atoms with E-state index in [4.69, 9.17) is 0 Å². The van der Waals surface area contributed by atoms with Gasteiger partial charge in [0, 0.05) is 31.1 Å². The molecule has 0 spiro atoms. The highest BCUT2D eigenvalue weighted by Gasteiger charge is 2.41. The van der Waals surface area contributed by atoms with E-state index >= 15 is 0 Å². The minimum atomic E-state index is -0.805. The number of aromatic amines is 1. The summed E-state index contributed by atoms with van der Waals surface area (Å²) in [6.45, 7) is 0.842. The Balaban J connectivity index is 1.46. The summed E-state index contributed by atoms with van der Waals surface area (Å²) in [6.07, 6.45) is 4.86. The van der Waals surface area contributed by atoms with Gasteiger partial charge in [0.15, 0.2) is 0 Å². The number of benzene rings is 1. The Labute approximate surface area is 152 Å². The number of aliphatic carboxylic acids is 1. The van der Waals surface area contributed by atoms with Crippen LogP contribution >= 0.6 is 0 Å². The van der Waals surface area contributed by atoms with E-state index in [9.17, 15) is 14.7 Å². The third-order valence-electron chi connectivity index (χ3n) is 5.78. The highest BCUT2D eigenvalue weighted by molar-refractivity contribution is 5.81. The zero-order chi connectivity index (χ0) is 18.1. The number of amides is 1. The molecular weight excluding hydrogens is 330 g/mol. The van der Waals surface area contributed by atoms with Gasteiger partial charge >= 0.3 is 5.97 Å². The molecule has 2 heterocycles. The predicted octanol–water partition coefficient (Wildman–Crippen LogP) is 1.92. The molecule has 26 heavy (non-hydrogen) atoms. The number of aryl methyl sites for hydroxylation is 1. The van der Waals surface area contributed by atoms with E-state index in [1.54, 1.807) is 4.90 Å². The number of aromatic nitrogens is 2. The van der Waals surface area contributed by atoms with E-state index in [0.29, 0.717) is 25.9 Å². The lowest BCUT2D eigenvalue weighted by molar-refractivity contribution is -0.142. The number of carboxylic acid groups (broad SMARTS) is 1. The number of carboxylic acids is 1. The molecule has 3 atom stereocenters. The van der Waals surface area contributed by atoms with E-state index in [2.05, 4.69) is 10.2 Å². The van der Waals surface area contributed by atoms with Crippen molar-refractivity contribution in [1.82, 2.24) is 15.1 Å². The fourth-order valence-electron chi connectivity index (χ4n) is 4.33. The first kappa shape index (κ1) is 16.8. The smallest absolute Gasteiger partial charge is 0.308 e. The highest BCUT2D eigenvalue weighted by Crippen LogP contribution is 2.31. The maximum Gasteiger partial charge on any atom is 0.308 e. The van der Waals surface area contributed by atoms with Crippen molar-refractivity contribution in [3.05, 3.63) is 53.3 Å². The Hall–Kier alpha value is -2.63. The fraction of sp³-hybridized carbons (Fsp3) is 0.450. The van der Waals surface area contributed by atoms with Crippen LogP contribution in [0.5, 0.6) is 0 Å². The van der Waals surface area contributed by atoms with Crippen LogP contribution in [-0.4, -0.2) is 45.2 Å². The standard InChI is InChI=1S/C20H23N3O3/c24-19(14-6-7-15-10-21-22-18(15)9-14)23-11-16(17(12-23)20(25)26)8-13-4-2-1-3-5-13/h1-5,10,14,16-17H,6-9,11-12H2,(H,21,22)(H,25,26)/t14?,16-,17-/m1/s1. The molecule has 1 fully saturated rings. The van der Waals surface area contributed by atoms with Crippen LogP contribution in [0.1, 0.15) is 23.2 Å². The normalized spacial score (nSPS) is 25.1. The number of nitrogens with zero attached hydrogens (tertiary/aromatic N) is 2. The number of carbonyl (C=O) groups excluding carboxylic acids is 1. The van der Waals surface area contributed by atoms with Crippen LogP contribution in [0.15, 0.2) is 36.5 Å². The summed E-state index contributed by atoms with van der Waals surface area (Å²) in [6, 6.07) is 9.92. The zero-order valence-electron chi connectivity index (χ0n) is 14.6. The fourth-order valence-corrected chi connectivity index (χ4v) is 4.33. The Morgan fingerprint density at radius 2 is 2.04 bits per heavy atom. The van der Waals surface area contributed by atoms with Crippen LogP contribution in [0.25, 0.3) is 0 Å². The molecule has 0 radical (unpaired) electrons. The van der Waals surface area contributed by atoms with Crippen LogP contribution in [0.2, 0.25) is 0 Å². The lowest BCUT2D eigenvalue weighted by Crippen LogP contribution is -2.37. The summed E-state index contributed by atoms with van der Waals surface area (Å²) in [5, 5.41) is 16.7. The Morgan fingerprint density at radius 1 is 1.23 bits per heavy atom. The number of H-pyrrole nitrogens is 1. The summed E-state index contributed by atoms with van der Waals surface area (Å²) in [5.74, 6) is -1.32. The number of hydrogen-bond donors (Lipinski definition) is 2. The van der Waals surface area contributed by atoms with Gasteiger partial charge in [-0.15, -0.1) is 0 Å². The van der Waals surface area contributed by atoms with Gasteiger partial charge in [-0.3, -0.25) is 14.7 Å². The molecule has 6 heteroatoms. The van der Waals surface area contributed by atoms with Crippen molar-refractivity contribution >= 4 is 11.9 Å². The largest absolute Gasteiger partial charge is 0.481 e. The molecule has 4 rings (SSSR count). The molecule has 1 aromatic heterocycles. The average molecular weight is 353 g/mol. The zero-order valence-corrected chi connectivity index (χ0v) is 14.6. The van der Waals surface area contributed by atoms with E-state index in [0.717, 1.165) is 24.1 Å². The van der Waals surface area contributed by atoms with Crippen LogP contribution in [0.4, 0.5) is 0 Å². The minimum absolute atomic E-state index is 0.0369. The molecule has 6 nitrogen and oxygen atoms in total. The average Bonchev–Trinajstić information content (AvgIpc) is 3.28.